The van der Waals surface area contributed by atoms with Gasteiger partial charge in [-0.15, -0.1) is 0 Å². The third-order valence-corrected chi connectivity index (χ3v) is 6.24. The summed E-state index contributed by atoms with van der Waals surface area (Å²) in [5, 5.41) is 32.0. The van der Waals surface area contributed by atoms with E-state index in [1.54, 1.807) is 0 Å². The first-order valence-corrected chi connectivity index (χ1v) is 11.1. The van der Waals surface area contributed by atoms with Crippen LogP contribution < -0.4 is 5.32 Å². The average molecular weight is 394 g/mol. The van der Waals surface area contributed by atoms with Crippen LogP contribution in [0.15, 0.2) is 23.8 Å². The summed E-state index contributed by atoms with van der Waals surface area (Å²) in [5.74, 6) is 1.18. The van der Waals surface area contributed by atoms with Gasteiger partial charge < -0.3 is 20.6 Å². The number of allylic oxidation sites excluding steroid dienone is 2. The van der Waals surface area contributed by atoms with Crippen LogP contribution >= 0.6 is 0 Å². The van der Waals surface area contributed by atoms with E-state index in [2.05, 4.69) is 24.4 Å². The molecule has 0 aromatic heterocycles. The van der Waals surface area contributed by atoms with Gasteiger partial charge in [-0.2, -0.15) is 0 Å². The van der Waals surface area contributed by atoms with Crippen LogP contribution in [0.5, 0.6) is 0 Å². The number of rotatable bonds is 12. The lowest BCUT2D eigenvalue weighted by molar-refractivity contribution is -0.121. The minimum Gasteiger partial charge on any atom is -0.395 e. The van der Waals surface area contributed by atoms with Crippen molar-refractivity contribution in [3.63, 3.8) is 0 Å². The molecule has 28 heavy (non-hydrogen) atoms. The second-order valence-electron chi connectivity index (χ2n) is 8.49. The smallest absolute Gasteiger partial charge is 0.220 e. The lowest BCUT2D eigenvalue weighted by Crippen LogP contribution is -2.25. The first-order valence-electron chi connectivity index (χ1n) is 11.1. The molecule has 0 bridgehead atoms. The fourth-order valence-corrected chi connectivity index (χ4v) is 4.75. The fraction of sp³-hybridized carbons (Fsp3) is 0.783. The molecule has 1 amide bonds. The highest BCUT2D eigenvalue weighted by Crippen LogP contribution is 2.50. The molecule has 0 radical (unpaired) electrons. The summed E-state index contributed by atoms with van der Waals surface area (Å²) in [7, 11) is 0. The summed E-state index contributed by atoms with van der Waals surface area (Å²) in [5.41, 5.74) is 1.46. The second kappa shape index (κ2) is 12.4. The van der Waals surface area contributed by atoms with Gasteiger partial charge in [-0.1, -0.05) is 50.0 Å². The van der Waals surface area contributed by atoms with Crippen molar-refractivity contribution in [1.82, 2.24) is 5.32 Å². The first kappa shape index (κ1) is 23.1. The third kappa shape index (κ3) is 7.34. The molecule has 5 nitrogen and oxygen atoms in total. The van der Waals surface area contributed by atoms with Crippen molar-refractivity contribution in [2.45, 2.75) is 83.3 Å². The van der Waals surface area contributed by atoms with Crippen molar-refractivity contribution < 1.29 is 20.1 Å². The summed E-state index contributed by atoms with van der Waals surface area (Å²) in [6.45, 7) is 2.47. The zero-order chi connectivity index (χ0) is 20.4. The number of amides is 1. The van der Waals surface area contributed by atoms with Gasteiger partial charge in [0.15, 0.2) is 0 Å². The predicted octanol–water partition coefficient (Wildman–Crippen LogP) is 3.10. The van der Waals surface area contributed by atoms with Crippen molar-refractivity contribution in [2.24, 2.45) is 17.8 Å². The highest BCUT2D eigenvalue weighted by molar-refractivity contribution is 5.75. The van der Waals surface area contributed by atoms with Crippen LogP contribution in [0.4, 0.5) is 0 Å². The highest BCUT2D eigenvalue weighted by atomic mass is 16.3. The summed E-state index contributed by atoms with van der Waals surface area (Å²) in [4.78, 5) is 11.5. The van der Waals surface area contributed by atoms with E-state index in [-0.39, 0.29) is 24.5 Å². The number of hydrogen-bond donors (Lipinski definition) is 4. The van der Waals surface area contributed by atoms with Gasteiger partial charge in [-0.05, 0) is 50.4 Å². The van der Waals surface area contributed by atoms with Crippen LogP contribution in [-0.4, -0.2) is 46.6 Å². The molecular formula is C23H39NO4. The molecule has 0 saturated heterocycles. The maximum Gasteiger partial charge on any atom is 0.220 e. The molecule has 5 heteroatoms. The second-order valence-corrected chi connectivity index (χ2v) is 8.49. The monoisotopic (exact) mass is 393 g/mol. The third-order valence-electron chi connectivity index (χ3n) is 6.24. The van der Waals surface area contributed by atoms with Crippen molar-refractivity contribution in [3.8, 4) is 0 Å². The predicted molar refractivity (Wildman–Crippen MR) is 112 cm³/mol. The Morgan fingerprint density at radius 2 is 2.11 bits per heavy atom. The lowest BCUT2D eigenvalue weighted by atomic mass is 9.90. The summed E-state index contributed by atoms with van der Waals surface area (Å²) < 4.78 is 0. The number of carbonyl (C=O) groups is 1. The number of aliphatic hydroxyl groups is 3. The van der Waals surface area contributed by atoms with Crippen LogP contribution in [0.2, 0.25) is 0 Å². The number of unbranched alkanes of at least 4 members (excludes halogenated alkanes) is 3. The number of carbonyl (C=O) groups excluding carboxylic acids is 1. The van der Waals surface area contributed by atoms with Crippen LogP contribution in [-0.2, 0) is 4.79 Å². The van der Waals surface area contributed by atoms with E-state index in [0.29, 0.717) is 24.8 Å². The normalized spacial score (nSPS) is 29.5. The van der Waals surface area contributed by atoms with Crippen LogP contribution in [0.25, 0.3) is 0 Å². The van der Waals surface area contributed by atoms with Gasteiger partial charge in [0.05, 0.1) is 18.8 Å². The Kier molecular flexibility index (Phi) is 10.2. The Hall–Kier alpha value is -1.17. The van der Waals surface area contributed by atoms with E-state index in [0.717, 1.165) is 57.8 Å². The summed E-state index contributed by atoms with van der Waals surface area (Å²) in [6.07, 6.45) is 14.9. The highest BCUT2D eigenvalue weighted by Gasteiger charge is 2.44. The lowest BCUT2D eigenvalue weighted by Gasteiger charge is -2.17. The zero-order valence-corrected chi connectivity index (χ0v) is 17.4. The molecule has 0 aromatic rings. The summed E-state index contributed by atoms with van der Waals surface area (Å²) in [6, 6.07) is 0. The molecule has 2 rings (SSSR count). The Morgan fingerprint density at radius 3 is 2.86 bits per heavy atom. The van der Waals surface area contributed by atoms with E-state index in [9.17, 15) is 15.0 Å². The number of fused-ring (bicyclic) bond motifs is 1. The van der Waals surface area contributed by atoms with Gasteiger partial charge in [0.25, 0.3) is 0 Å². The number of hydrogen-bond acceptors (Lipinski definition) is 4. The quantitative estimate of drug-likeness (QED) is 0.303. The number of aliphatic hydroxyl groups excluding tert-OH is 3. The van der Waals surface area contributed by atoms with Crippen molar-refractivity contribution in [3.05, 3.63) is 23.8 Å². The SMILES string of the molecule is CCCCC[C@H](O)/C=C/[C@@H]1[C@H]2C/C(=C\CCCC(=O)NCCO)C[C@H]2C[C@H]1O. The molecule has 0 unspecified atom stereocenters. The zero-order valence-electron chi connectivity index (χ0n) is 17.4. The topological polar surface area (TPSA) is 89.8 Å². The standard InChI is InChI=1S/C23H39NO4/c1-2-3-4-8-19(26)10-11-20-21-15-17(14-18(21)16-22(20)27)7-5-6-9-23(28)24-12-13-25/h7,10-11,18-22,25-27H,2-6,8-9,12-16H2,1H3,(H,24,28)/b11-10+,17-7-/t18-,19-,20+,21-,22+/m0/s1. The van der Waals surface area contributed by atoms with E-state index >= 15 is 0 Å². The Labute approximate surface area is 169 Å². The van der Waals surface area contributed by atoms with E-state index in [1.165, 1.54) is 5.57 Å². The maximum absolute atomic E-state index is 11.5. The minimum absolute atomic E-state index is 0.00144. The molecule has 0 spiro atoms. The Bertz CT molecular complexity index is 531. The molecule has 2 aliphatic carbocycles. The van der Waals surface area contributed by atoms with Gasteiger partial charge in [-0.25, -0.2) is 0 Å². The minimum atomic E-state index is -0.397. The van der Waals surface area contributed by atoms with Gasteiger partial charge >= 0.3 is 0 Å². The largest absolute Gasteiger partial charge is 0.395 e. The van der Waals surface area contributed by atoms with Crippen molar-refractivity contribution in [2.75, 3.05) is 13.2 Å². The molecule has 2 saturated carbocycles. The van der Waals surface area contributed by atoms with Crippen molar-refractivity contribution >= 4 is 5.91 Å². The fourth-order valence-electron chi connectivity index (χ4n) is 4.75. The first-order chi connectivity index (χ1) is 13.5. The maximum atomic E-state index is 11.5. The van der Waals surface area contributed by atoms with Gasteiger partial charge in [0, 0.05) is 18.9 Å². The van der Waals surface area contributed by atoms with Gasteiger partial charge in [-0.3, -0.25) is 4.79 Å². The van der Waals surface area contributed by atoms with E-state index in [1.807, 2.05) is 6.08 Å². The van der Waals surface area contributed by atoms with Gasteiger partial charge in [0.2, 0.25) is 5.91 Å². The molecule has 4 N–H and O–H groups in total. The molecular weight excluding hydrogens is 354 g/mol. The van der Waals surface area contributed by atoms with Crippen molar-refractivity contribution in [1.29, 1.82) is 0 Å². The van der Waals surface area contributed by atoms with Crippen LogP contribution in [0.1, 0.15) is 71.1 Å². The molecule has 0 aliphatic heterocycles. The summed E-state index contributed by atoms with van der Waals surface area (Å²) >= 11 is 0. The average Bonchev–Trinajstić information content (AvgIpc) is 3.18. The van der Waals surface area contributed by atoms with E-state index < -0.39 is 6.10 Å². The molecule has 2 aliphatic rings. The molecule has 0 heterocycles. The molecule has 0 aromatic carbocycles. The van der Waals surface area contributed by atoms with Crippen LogP contribution in [0, 0.1) is 17.8 Å². The molecule has 5 atom stereocenters. The van der Waals surface area contributed by atoms with Gasteiger partial charge in [0.1, 0.15) is 0 Å². The Morgan fingerprint density at radius 1 is 1.29 bits per heavy atom. The van der Waals surface area contributed by atoms with E-state index in [4.69, 9.17) is 5.11 Å². The molecule has 160 valence electrons. The number of nitrogens with one attached hydrogen (secondary N) is 1. The molecule has 2 fully saturated rings. The van der Waals surface area contributed by atoms with Crippen LogP contribution in [0.3, 0.4) is 0 Å². The Balaban J connectivity index is 1.76.